The van der Waals surface area contributed by atoms with E-state index < -0.39 is 0 Å². The first kappa shape index (κ1) is 33.8. The minimum Gasteiger partial charge on any atom is -1.00 e. The Labute approximate surface area is 255 Å². The summed E-state index contributed by atoms with van der Waals surface area (Å²) in [5, 5.41) is 0. The van der Waals surface area contributed by atoms with Crippen LogP contribution in [0.4, 0.5) is 0 Å². The molecule has 3 aromatic rings. The molecule has 37 heavy (non-hydrogen) atoms. The molecule has 0 N–H and O–H groups in total. The maximum absolute atomic E-state index is 2.50. The van der Waals surface area contributed by atoms with E-state index in [2.05, 4.69) is 130 Å². The summed E-state index contributed by atoms with van der Waals surface area (Å²) in [4.78, 5) is 0. The van der Waals surface area contributed by atoms with E-state index >= 15 is 0 Å². The van der Waals surface area contributed by atoms with E-state index in [9.17, 15) is 0 Å². The Bertz CT molecular complexity index is 1130. The number of allylic oxidation sites excluding steroid dienone is 4. The molecule has 0 saturated carbocycles. The summed E-state index contributed by atoms with van der Waals surface area (Å²) < 4.78 is 1.49. The first-order valence-electron chi connectivity index (χ1n) is 12.6. The fourth-order valence-corrected chi connectivity index (χ4v) is 6.86. The van der Waals surface area contributed by atoms with Crippen molar-refractivity contribution >= 4 is 0 Å². The van der Waals surface area contributed by atoms with Gasteiger partial charge < -0.3 is 37.2 Å². The molecule has 3 aromatic carbocycles. The number of hydrogen-bond donors (Lipinski definition) is 0. The second-order valence-corrected chi connectivity index (χ2v) is 11.2. The minimum atomic E-state index is -0.319. The van der Waals surface area contributed by atoms with Crippen LogP contribution in [-0.2, 0) is 25.9 Å². The number of aryl methyl sites for hydroxylation is 6. The van der Waals surface area contributed by atoms with Gasteiger partial charge >= 0.3 is 219 Å². The third kappa shape index (κ3) is 6.66. The van der Waals surface area contributed by atoms with Crippen molar-refractivity contribution in [3.63, 3.8) is 0 Å². The molecule has 0 aliphatic heterocycles. The van der Waals surface area contributed by atoms with E-state index in [0.29, 0.717) is 0 Å². The van der Waals surface area contributed by atoms with E-state index in [0.717, 1.165) is 12.8 Å². The van der Waals surface area contributed by atoms with Crippen molar-refractivity contribution in [3.05, 3.63) is 126 Å². The molecule has 0 nitrogen and oxygen atoms in total. The molecule has 194 valence electrons. The normalized spacial score (nSPS) is 12.9. The number of rotatable bonds is 6. The van der Waals surface area contributed by atoms with Gasteiger partial charge in [0, 0.05) is 0 Å². The molecule has 1 aliphatic carbocycles. The monoisotopic (exact) mass is 586 g/mol. The van der Waals surface area contributed by atoms with Gasteiger partial charge in [0.05, 0.1) is 0 Å². The molecule has 0 unspecified atom stereocenters. The van der Waals surface area contributed by atoms with Crippen LogP contribution in [0.25, 0.3) is 0 Å². The Balaban J connectivity index is 0.00000228. The fraction of sp³-hybridized carbons (Fsp3) is 0.333. The van der Waals surface area contributed by atoms with Crippen molar-refractivity contribution in [2.75, 3.05) is 0 Å². The zero-order valence-electron chi connectivity index (χ0n) is 23.0. The molecular formula is C33H37Cl3Ti. The SMILES string of the molecule is CCCC1=CCC(C(c2cc(C)cc(C)c2)(c2cc(C)cc(C)c2)c2cc(C)cc(C)c2)=[C]1[Ti+3].[Cl-].[Cl-].[Cl-]. The van der Waals surface area contributed by atoms with Crippen LogP contribution in [0.2, 0.25) is 0 Å². The molecule has 0 radical (unpaired) electrons. The molecule has 0 aromatic heterocycles. The Morgan fingerprint density at radius 1 is 0.595 bits per heavy atom. The summed E-state index contributed by atoms with van der Waals surface area (Å²) in [6.07, 6.45) is 5.84. The number of benzene rings is 3. The van der Waals surface area contributed by atoms with Crippen molar-refractivity contribution in [2.45, 2.75) is 73.1 Å². The molecule has 0 atom stereocenters. The first-order chi connectivity index (χ1) is 16.1. The average molecular weight is 588 g/mol. The van der Waals surface area contributed by atoms with Gasteiger partial charge in [0.1, 0.15) is 0 Å². The number of halogens is 3. The third-order valence-corrected chi connectivity index (χ3v) is 8.08. The summed E-state index contributed by atoms with van der Waals surface area (Å²) in [6.45, 7) is 15.7. The molecule has 4 heteroatoms. The molecule has 0 spiro atoms. The van der Waals surface area contributed by atoms with E-state index in [1.807, 2.05) is 0 Å². The van der Waals surface area contributed by atoms with E-state index in [1.165, 1.54) is 71.5 Å². The molecule has 0 amide bonds. The van der Waals surface area contributed by atoms with Crippen LogP contribution >= 0.6 is 0 Å². The van der Waals surface area contributed by atoms with Crippen molar-refractivity contribution < 1.29 is 57.7 Å². The van der Waals surface area contributed by atoms with Crippen molar-refractivity contribution in [3.8, 4) is 0 Å². The van der Waals surface area contributed by atoms with Crippen LogP contribution in [0.1, 0.15) is 76.3 Å². The van der Waals surface area contributed by atoms with Crippen LogP contribution in [0.15, 0.2) is 75.7 Å². The summed E-state index contributed by atoms with van der Waals surface area (Å²) in [7, 11) is 0. The summed E-state index contributed by atoms with van der Waals surface area (Å²) in [6, 6.07) is 21.5. The van der Waals surface area contributed by atoms with Gasteiger partial charge in [0.2, 0.25) is 0 Å². The smallest absolute Gasteiger partial charge is 1.00 e. The Morgan fingerprint density at radius 3 is 1.22 bits per heavy atom. The third-order valence-electron chi connectivity index (χ3n) is 7.11. The van der Waals surface area contributed by atoms with Gasteiger partial charge in [0.25, 0.3) is 0 Å². The summed E-state index contributed by atoms with van der Waals surface area (Å²) in [5.41, 5.74) is 14.9. The zero-order valence-corrected chi connectivity index (χ0v) is 26.9. The molecular weight excluding hydrogens is 551 g/mol. The predicted octanol–water partition coefficient (Wildman–Crippen LogP) is -0.185. The molecule has 0 bridgehead atoms. The van der Waals surface area contributed by atoms with E-state index in [-0.39, 0.29) is 42.6 Å². The zero-order chi connectivity index (χ0) is 24.6. The molecule has 4 rings (SSSR count). The first-order valence-corrected chi connectivity index (χ1v) is 13.3. The molecule has 0 fully saturated rings. The maximum atomic E-state index is 2.50. The van der Waals surface area contributed by atoms with Gasteiger partial charge in [-0.05, 0) is 0 Å². The Hall–Kier alpha value is -1.28. The van der Waals surface area contributed by atoms with Gasteiger partial charge in [-0.3, -0.25) is 0 Å². The Morgan fingerprint density at radius 2 is 0.919 bits per heavy atom. The predicted molar refractivity (Wildman–Crippen MR) is 142 cm³/mol. The Kier molecular flexibility index (Phi) is 12.5. The minimum absolute atomic E-state index is 0. The second-order valence-electron chi connectivity index (χ2n) is 10.4. The summed E-state index contributed by atoms with van der Waals surface area (Å²) in [5.74, 6) is 0. The molecule has 1 aliphatic rings. The average Bonchev–Trinajstić information content (AvgIpc) is 3.08. The fourth-order valence-electron chi connectivity index (χ4n) is 6.06. The van der Waals surface area contributed by atoms with Crippen LogP contribution in [0.3, 0.4) is 0 Å². The molecule has 0 heterocycles. The van der Waals surface area contributed by atoms with Crippen LogP contribution in [0, 0.1) is 41.5 Å². The van der Waals surface area contributed by atoms with Crippen molar-refractivity contribution in [2.24, 2.45) is 0 Å². The van der Waals surface area contributed by atoms with Gasteiger partial charge in [-0.2, -0.15) is 0 Å². The van der Waals surface area contributed by atoms with Crippen LogP contribution in [-0.4, -0.2) is 0 Å². The van der Waals surface area contributed by atoms with Crippen molar-refractivity contribution in [1.29, 1.82) is 0 Å². The van der Waals surface area contributed by atoms with Crippen molar-refractivity contribution in [1.82, 2.24) is 0 Å². The van der Waals surface area contributed by atoms with Gasteiger partial charge in [-0.15, -0.1) is 0 Å². The van der Waals surface area contributed by atoms with E-state index in [1.54, 1.807) is 0 Å². The topological polar surface area (TPSA) is 0 Å². The summed E-state index contributed by atoms with van der Waals surface area (Å²) >= 11 is 2.37. The van der Waals surface area contributed by atoms with Gasteiger partial charge in [0.15, 0.2) is 0 Å². The second kappa shape index (κ2) is 13.7. The van der Waals surface area contributed by atoms with E-state index in [4.69, 9.17) is 0 Å². The standard InChI is InChI=1S/C33H37.3ClH.Ti/c1-8-9-28-10-11-29(21-28)33(30-15-22(2)12-23(3)16-30,31-17-24(4)13-25(5)18-31)32-19-26(6)14-27(7)20-32;;;;/h10,12-20H,8-9,11H2,1-7H3;3*1H;/q;;;;+3/p-3. The van der Waals surface area contributed by atoms with Crippen LogP contribution in [0.5, 0.6) is 0 Å². The van der Waals surface area contributed by atoms with Crippen LogP contribution < -0.4 is 37.2 Å². The maximum Gasteiger partial charge on any atom is -1.00 e. The quantitative estimate of drug-likeness (QED) is 0.277. The van der Waals surface area contributed by atoms with Gasteiger partial charge in [-0.1, -0.05) is 0 Å². The van der Waals surface area contributed by atoms with Gasteiger partial charge in [-0.25, -0.2) is 0 Å². The number of hydrogen-bond acceptors (Lipinski definition) is 0. The molecule has 0 saturated heterocycles. The largest absolute Gasteiger partial charge is 1.00 e.